The fraction of sp³-hybridized carbons (Fsp3) is 0.100. The molecule has 2 aromatic rings. The molecule has 0 radical (unpaired) electrons. The van der Waals surface area contributed by atoms with Crippen LogP contribution in [0.15, 0.2) is 30.3 Å². The van der Waals surface area contributed by atoms with Crippen molar-refractivity contribution in [1.29, 1.82) is 0 Å². The van der Waals surface area contributed by atoms with Crippen molar-refractivity contribution >= 4 is 27.4 Å². The smallest absolute Gasteiger partial charge is 0.325 e. The Kier molecular flexibility index (Phi) is 2.23. The average Bonchev–Trinajstić information content (AvgIpc) is 2.59. The average molecular weight is 207 g/mol. The fourth-order valence-corrected chi connectivity index (χ4v) is 2.34. The second-order valence-corrected chi connectivity index (χ2v) is 4.12. The van der Waals surface area contributed by atoms with Gasteiger partial charge in [0.2, 0.25) is 0 Å². The fourth-order valence-electron chi connectivity index (χ4n) is 1.28. The van der Waals surface area contributed by atoms with Crippen molar-refractivity contribution in [3.8, 4) is 0 Å². The molecular weight excluding hydrogens is 198 g/mol. The zero-order valence-corrected chi connectivity index (χ0v) is 8.12. The van der Waals surface area contributed by atoms with Gasteiger partial charge in [0, 0.05) is 9.58 Å². The van der Waals surface area contributed by atoms with Crippen LogP contribution in [0.2, 0.25) is 0 Å². The summed E-state index contributed by atoms with van der Waals surface area (Å²) in [5, 5.41) is 9.79. The summed E-state index contributed by atoms with van der Waals surface area (Å²) in [7, 11) is 0. The number of hydrogen-bond donors (Lipinski definition) is 2. The highest BCUT2D eigenvalue weighted by atomic mass is 32.1. The van der Waals surface area contributed by atoms with Crippen LogP contribution in [0, 0.1) is 0 Å². The van der Waals surface area contributed by atoms with Gasteiger partial charge in [0.25, 0.3) is 0 Å². The number of aliphatic carboxylic acids is 1. The van der Waals surface area contributed by atoms with Gasteiger partial charge in [0.1, 0.15) is 6.04 Å². The molecule has 72 valence electrons. The van der Waals surface area contributed by atoms with Crippen LogP contribution in [-0.4, -0.2) is 11.1 Å². The van der Waals surface area contributed by atoms with Gasteiger partial charge in [-0.1, -0.05) is 18.2 Å². The Morgan fingerprint density at radius 2 is 2.14 bits per heavy atom. The number of hydrogen-bond acceptors (Lipinski definition) is 3. The van der Waals surface area contributed by atoms with Gasteiger partial charge < -0.3 is 10.8 Å². The van der Waals surface area contributed by atoms with Crippen LogP contribution in [0.5, 0.6) is 0 Å². The molecule has 0 saturated carbocycles. The Morgan fingerprint density at radius 3 is 2.79 bits per heavy atom. The lowest BCUT2D eigenvalue weighted by Gasteiger charge is -2.00. The number of rotatable bonds is 2. The quantitative estimate of drug-likeness (QED) is 0.791. The molecule has 3 N–H and O–H groups in total. The molecule has 0 unspecified atom stereocenters. The highest BCUT2D eigenvalue weighted by Gasteiger charge is 2.16. The van der Waals surface area contributed by atoms with Crippen molar-refractivity contribution in [2.45, 2.75) is 6.04 Å². The first kappa shape index (κ1) is 9.18. The lowest BCUT2D eigenvalue weighted by molar-refractivity contribution is -0.138. The number of carbonyl (C=O) groups is 1. The third-order valence-corrected chi connectivity index (χ3v) is 3.22. The minimum absolute atomic E-state index is 0.693. The minimum Gasteiger partial charge on any atom is -0.480 e. The number of nitrogens with two attached hydrogens (primary N) is 1. The molecule has 0 bridgehead atoms. The van der Waals surface area contributed by atoms with Crippen LogP contribution in [0.1, 0.15) is 10.9 Å². The third kappa shape index (κ3) is 1.49. The van der Waals surface area contributed by atoms with Crippen LogP contribution < -0.4 is 5.73 Å². The number of carboxylic acids is 1. The summed E-state index contributed by atoms with van der Waals surface area (Å²) >= 11 is 1.43. The van der Waals surface area contributed by atoms with Gasteiger partial charge >= 0.3 is 5.97 Å². The summed E-state index contributed by atoms with van der Waals surface area (Å²) in [6.45, 7) is 0. The van der Waals surface area contributed by atoms with Crippen molar-refractivity contribution < 1.29 is 9.90 Å². The normalized spacial score (nSPS) is 12.9. The third-order valence-electron chi connectivity index (χ3n) is 2.02. The van der Waals surface area contributed by atoms with Crippen molar-refractivity contribution in [3.63, 3.8) is 0 Å². The molecule has 0 aliphatic carbocycles. The molecule has 4 heteroatoms. The first-order valence-electron chi connectivity index (χ1n) is 4.15. The van der Waals surface area contributed by atoms with Gasteiger partial charge in [0.15, 0.2) is 0 Å². The molecule has 1 aromatic heterocycles. The van der Waals surface area contributed by atoms with E-state index >= 15 is 0 Å². The van der Waals surface area contributed by atoms with Crippen LogP contribution in [0.4, 0.5) is 0 Å². The van der Waals surface area contributed by atoms with E-state index in [0.717, 1.165) is 10.1 Å². The molecule has 0 aliphatic heterocycles. The Bertz CT molecular complexity index is 445. The van der Waals surface area contributed by atoms with E-state index in [1.54, 1.807) is 0 Å². The Hall–Kier alpha value is -1.39. The van der Waals surface area contributed by atoms with E-state index in [9.17, 15) is 4.79 Å². The molecular formula is C10H9NO2S. The van der Waals surface area contributed by atoms with Crippen molar-refractivity contribution in [1.82, 2.24) is 0 Å². The van der Waals surface area contributed by atoms with E-state index in [-0.39, 0.29) is 0 Å². The molecule has 1 aromatic carbocycles. The van der Waals surface area contributed by atoms with Gasteiger partial charge in [-0.3, -0.25) is 4.79 Å². The summed E-state index contributed by atoms with van der Waals surface area (Å²) in [5.41, 5.74) is 5.51. The predicted octanol–water partition coefficient (Wildman–Crippen LogP) is 1.99. The summed E-state index contributed by atoms with van der Waals surface area (Å²) in [5.74, 6) is -0.989. The highest BCUT2D eigenvalue weighted by Crippen LogP contribution is 2.28. The number of thiophene rings is 1. The maximum absolute atomic E-state index is 10.7. The van der Waals surface area contributed by atoms with E-state index in [1.165, 1.54) is 11.3 Å². The van der Waals surface area contributed by atoms with Crippen LogP contribution in [-0.2, 0) is 4.79 Å². The summed E-state index contributed by atoms with van der Waals surface area (Å²) in [6, 6.07) is 8.67. The molecule has 2 rings (SSSR count). The molecule has 0 spiro atoms. The van der Waals surface area contributed by atoms with Crippen molar-refractivity contribution in [2.75, 3.05) is 0 Å². The second-order valence-electron chi connectivity index (χ2n) is 3.00. The first-order valence-corrected chi connectivity index (χ1v) is 4.97. The zero-order valence-electron chi connectivity index (χ0n) is 7.31. The van der Waals surface area contributed by atoms with E-state index in [0.29, 0.717) is 4.88 Å². The lowest BCUT2D eigenvalue weighted by atomic mass is 10.2. The highest BCUT2D eigenvalue weighted by molar-refractivity contribution is 7.19. The standard InChI is InChI=1S/C10H9NO2S/c11-9(10(12)13)8-5-6-3-1-2-4-7(6)14-8/h1-5,9H,11H2,(H,12,13)/t9-/m1/s1. The molecule has 14 heavy (non-hydrogen) atoms. The SMILES string of the molecule is N[C@@H](C(=O)O)c1cc2ccccc2s1. The van der Waals surface area contributed by atoms with Gasteiger partial charge in [-0.25, -0.2) is 0 Å². The second kappa shape index (κ2) is 3.40. The minimum atomic E-state index is -0.989. The van der Waals surface area contributed by atoms with Crippen molar-refractivity contribution in [2.24, 2.45) is 5.73 Å². The summed E-state index contributed by atoms with van der Waals surface area (Å²) < 4.78 is 1.07. The number of benzene rings is 1. The van der Waals surface area contributed by atoms with Gasteiger partial charge in [0.05, 0.1) is 0 Å². The molecule has 3 nitrogen and oxygen atoms in total. The predicted molar refractivity (Wildman–Crippen MR) is 56.4 cm³/mol. The number of carboxylic acid groups (broad SMARTS) is 1. The van der Waals surface area contributed by atoms with E-state index < -0.39 is 12.0 Å². The van der Waals surface area contributed by atoms with E-state index in [1.807, 2.05) is 30.3 Å². The van der Waals surface area contributed by atoms with E-state index in [4.69, 9.17) is 10.8 Å². The van der Waals surface area contributed by atoms with Crippen LogP contribution in [0.25, 0.3) is 10.1 Å². The van der Waals surface area contributed by atoms with Gasteiger partial charge in [-0.2, -0.15) is 0 Å². The van der Waals surface area contributed by atoms with Gasteiger partial charge in [-0.05, 0) is 17.5 Å². The zero-order chi connectivity index (χ0) is 10.1. The maximum Gasteiger partial charge on any atom is 0.325 e. The molecule has 1 heterocycles. The summed E-state index contributed by atoms with van der Waals surface area (Å²) in [6.07, 6.45) is 0. The largest absolute Gasteiger partial charge is 0.480 e. The molecule has 0 aliphatic rings. The van der Waals surface area contributed by atoms with Crippen LogP contribution >= 0.6 is 11.3 Å². The Labute approximate surface area is 84.8 Å². The molecule has 0 fully saturated rings. The Balaban J connectivity index is 2.50. The topological polar surface area (TPSA) is 63.3 Å². The summed E-state index contributed by atoms with van der Waals surface area (Å²) in [4.78, 5) is 11.4. The first-order chi connectivity index (χ1) is 6.68. The lowest BCUT2D eigenvalue weighted by Crippen LogP contribution is -2.19. The van der Waals surface area contributed by atoms with Crippen molar-refractivity contribution in [3.05, 3.63) is 35.2 Å². The molecule has 0 amide bonds. The maximum atomic E-state index is 10.7. The molecule has 1 atom stereocenters. The molecule has 0 saturated heterocycles. The number of fused-ring (bicyclic) bond motifs is 1. The van der Waals surface area contributed by atoms with Crippen LogP contribution in [0.3, 0.4) is 0 Å². The van der Waals surface area contributed by atoms with E-state index in [2.05, 4.69) is 0 Å². The van der Waals surface area contributed by atoms with Gasteiger partial charge in [-0.15, -0.1) is 11.3 Å². The monoisotopic (exact) mass is 207 g/mol. The Morgan fingerprint density at radius 1 is 1.43 bits per heavy atom.